The second-order valence-electron chi connectivity index (χ2n) is 8.79. The van der Waals surface area contributed by atoms with Crippen molar-refractivity contribution in [1.82, 2.24) is 0 Å². The van der Waals surface area contributed by atoms with E-state index in [0.717, 1.165) is 55.9 Å². The molecule has 1 atom stereocenters. The summed E-state index contributed by atoms with van der Waals surface area (Å²) >= 11 is 1.27. The quantitative estimate of drug-likeness (QED) is 0.736. The molecule has 1 saturated carbocycles. The molecule has 5 nitrogen and oxygen atoms in total. The van der Waals surface area contributed by atoms with Gasteiger partial charge in [0.25, 0.3) is 0 Å². The molecule has 2 fully saturated rings. The SMILES string of the molecule is CN(c1cc(C#CC(C)(C)C)sc1C(=O)O)C1CCC(OC2CCOC2)CC1. The van der Waals surface area contributed by atoms with Crippen LogP contribution >= 0.6 is 11.3 Å². The number of rotatable bonds is 5. The summed E-state index contributed by atoms with van der Waals surface area (Å²) in [5.74, 6) is 5.47. The van der Waals surface area contributed by atoms with Crippen LogP contribution in [0.5, 0.6) is 0 Å². The lowest BCUT2D eigenvalue weighted by atomic mass is 9.91. The lowest BCUT2D eigenvalue weighted by molar-refractivity contribution is -0.0340. The van der Waals surface area contributed by atoms with Gasteiger partial charge in [0.15, 0.2) is 0 Å². The van der Waals surface area contributed by atoms with Crippen molar-refractivity contribution in [2.75, 3.05) is 25.2 Å². The van der Waals surface area contributed by atoms with Crippen molar-refractivity contribution < 1.29 is 19.4 Å². The molecule has 1 aromatic heterocycles. The molecule has 6 heteroatoms. The molecule has 1 aliphatic heterocycles. The third-order valence-electron chi connectivity index (χ3n) is 5.31. The first-order valence-electron chi connectivity index (χ1n) is 10.1. The molecule has 1 aromatic rings. The molecule has 1 unspecified atom stereocenters. The number of hydrogen-bond acceptors (Lipinski definition) is 5. The predicted octanol–water partition coefficient (Wildman–Crippen LogP) is 4.40. The van der Waals surface area contributed by atoms with Crippen LogP contribution in [-0.2, 0) is 9.47 Å². The van der Waals surface area contributed by atoms with Gasteiger partial charge < -0.3 is 19.5 Å². The average Bonchev–Trinajstić information content (AvgIpc) is 3.29. The van der Waals surface area contributed by atoms with E-state index >= 15 is 0 Å². The van der Waals surface area contributed by atoms with Crippen molar-refractivity contribution in [2.24, 2.45) is 5.41 Å². The number of nitrogens with zero attached hydrogens (tertiary/aromatic N) is 1. The monoisotopic (exact) mass is 405 g/mol. The van der Waals surface area contributed by atoms with Gasteiger partial charge in [0.1, 0.15) is 4.88 Å². The minimum absolute atomic E-state index is 0.109. The van der Waals surface area contributed by atoms with Crippen molar-refractivity contribution in [3.63, 3.8) is 0 Å². The van der Waals surface area contributed by atoms with Gasteiger partial charge in [-0.05, 0) is 58.9 Å². The third kappa shape index (κ3) is 5.50. The van der Waals surface area contributed by atoms with Crippen molar-refractivity contribution in [3.8, 4) is 11.8 Å². The number of hydrogen-bond donors (Lipinski definition) is 1. The van der Waals surface area contributed by atoms with E-state index in [1.165, 1.54) is 11.3 Å². The summed E-state index contributed by atoms with van der Waals surface area (Å²) in [5.41, 5.74) is 0.673. The molecule has 1 aliphatic carbocycles. The van der Waals surface area contributed by atoms with Crippen LogP contribution in [0, 0.1) is 17.3 Å². The maximum absolute atomic E-state index is 11.8. The van der Waals surface area contributed by atoms with Crippen LogP contribution in [0.1, 0.15) is 67.4 Å². The second-order valence-corrected chi connectivity index (χ2v) is 9.85. The second kappa shape index (κ2) is 8.86. The Balaban J connectivity index is 1.66. The van der Waals surface area contributed by atoms with Crippen molar-refractivity contribution >= 4 is 23.0 Å². The van der Waals surface area contributed by atoms with E-state index < -0.39 is 5.97 Å². The normalized spacial score (nSPS) is 25.2. The smallest absolute Gasteiger partial charge is 0.348 e. The molecule has 0 radical (unpaired) electrons. The molecule has 154 valence electrons. The van der Waals surface area contributed by atoms with Crippen LogP contribution in [0.15, 0.2) is 6.07 Å². The van der Waals surface area contributed by atoms with Gasteiger partial charge in [0, 0.05) is 25.1 Å². The van der Waals surface area contributed by atoms with E-state index in [0.29, 0.717) is 17.0 Å². The number of carboxylic acids is 1. The lowest BCUT2D eigenvalue weighted by Crippen LogP contribution is -2.38. The third-order valence-corrected chi connectivity index (χ3v) is 6.34. The van der Waals surface area contributed by atoms with Crippen LogP contribution in [0.2, 0.25) is 0 Å². The summed E-state index contributed by atoms with van der Waals surface area (Å²) in [6.45, 7) is 7.68. The minimum Gasteiger partial charge on any atom is -0.477 e. The molecule has 2 aliphatic rings. The molecule has 0 aromatic carbocycles. The van der Waals surface area contributed by atoms with Crippen LogP contribution in [0.4, 0.5) is 5.69 Å². The molecule has 1 saturated heterocycles. The summed E-state index contributed by atoms with van der Waals surface area (Å²) < 4.78 is 11.6. The van der Waals surface area contributed by atoms with E-state index in [1.807, 2.05) is 13.1 Å². The number of ether oxygens (including phenoxy) is 2. The van der Waals surface area contributed by atoms with Gasteiger partial charge in [-0.3, -0.25) is 0 Å². The fraction of sp³-hybridized carbons (Fsp3) is 0.682. The fourth-order valence-electron chi connectivity index (χ4n) is 3.77. The van der Waals surface area contributed by atoms with E-state index in [2.05, 4.69) is 37.5 Å². The van der Waals surface area contributed by atoms with E-state index in [9.17, 15) is 9.90 Å². The number of carboxylic acid groups (broad SMARTS) is 1. The molecule has 0 bridgehead atoms. The zero-order chi connectivity index (χ0) is 20.3. The Morgan fingerprint density at radius 2 is 1.96 bits per heavy atom. The molecule has 28 heavy (non-hydrogen) atoms. The topological polar surface area (TPSA) is 59.0 Å². The van der Waals surface area contributed by atoms with Gasteiger partial charge in [-0.2, -0.15) is 0 Å². The number of carbonyl (C=O) groups is 1. The van der Waals surface area contributed by atoms with E-state index in [1.54, 1.807) is 0 Å². The number of aromatic carboxylic acids is 1. The standard InChI is InChI=1S/C22H31NO4S/c1-22(2,3)11-9-18-13-19(20(28-18)21(24)25)23(4)15-5-7-16(8-6-15)27-17-10-12-26-14-17/h13,15-17H,5-8,10,12,14H2,1-4H3,(H,24,25). The largest absolute Gasteiger partial charge is 0.477 e. The maximum atomic E-state index is 11.8. The molecule has 0 spiro atoms. The van der Waals surface area contributed by atoms with E-state index in [4.69, 9.17) is 9.47 Å². The first-order chi connectivity index (χ1) is 13.2. The highest BCUT2D eigenvalue weighted by Gasteiger charge is 2.30. The summed E-state index contributed by atoms with van der Waals surface area (Å²) in [4.78, 5) is 15.1. The lowest BCUT2D eigenvalue weighted by Gasteiger charge is -2.36. The van der Waals surface area contributed by atoms with Crippen LogP contribution < -0.4 is 4.90 Å². The minimum atomic E-state index is -0.881. The first-order valence-corrected chi connectivity index (χ1v) is 10.9. The molecule has 0 amide bonds. The summed E-state index contributed by atoms with van der Waals surface area (Å²) in [6.07, 6.45) is 5.57. The van der Waals surface area contributed by atoms with Gasteiger partial charge >= 0.3 is 5.97 Å². The number of anilines is 1. The summed E-state index contributed by atoms with van der Waals surface area (Å²) in [6, 6.07) is 2.27. The Kier molecular flexibility index (Phi) is 6.69. The highest BCUT2D eigenvalue weighted by Crippen LogP contribution is 2.35. The van der Waals surface area contributed by atoms with Crippen molar-refractivity contribution in [3.05, 3.63) is 15.8 Å². The predicted molar refractivity (Wildman–Crippen MR) is 112 cm³/mol. The highest BCUT2D eigenvalue weighted by molar-refractivity contribution is 7.15. The van der Waals surface area contributed by atoms with Gasteiger partial charge in [-0.15, -0.1) is 11.3 Å². The summed E-state index contributed by atoms with van der Waals surface area (Å²) in [5, 5.41) is 9.66. The van der Waals surface area contributed by atoms with Crippen LogP contribution in [0.25, 0.3) is 0 Å². The molecule has 3 rings (SSSR count). The van der Waals surface area contributed by atoms with Crippen LogP contribution in [-0.4, -0.2) is 49.6 Å². The van der Waals surface area contributed by atoms with Gasteiger partial charge in [0.05, 0.1) is 29.4 Å². The van der Waals surface area contributed by atoms with Gasteiger partial charge in [-0.25, -0.2) is 4.79 Å². The van der Waals surface area contributed by atoms with Gasteiger partial charge in [-0.1, -0.05) is 11.8 Å². The Hall–Kier alpha value is -1.55. The van der Waals surface area contributed by atoms with Gasteiger partial charge in [0.2, 0.25) is 0 Å². The molecular formula is C22H31NO4S. The maximum Gasteiger partial charge on any atom is 0.348 e. The van der Waals surface area contributed by atoms with Crippen LogP contribution in [0.3, 0.4) is 0 Å². The summed E-state index contributed by atoms with van der Waals surface area (Å²) in [7, 11) is 2.01. The average molecular weight is 406 g/mol. The zero-order valence-electron chi connectivity index (χ0n) is 17.3. The fourth-order valence-corrected chi connectivity index (χ4v) is 4.65. The Labute approximate surface area is 172 Å². The van der Waals surface area contributed by atoms with Crippen molar-refractivity contribution in [2.45, 2.75) is 71.1 Å². The Morgan fingerprint density at radius 3 is 2.54 bits per heavy atom. The van der Waals surface area contributed by atoms with Crippen molar-refractivity contribution in [1.29, 1.82) is 0 Å². The Morgan fingerprint density at radius 1 is 1.25 bits per heavy atom. The number of thiophene rings is 1. The Bertz CT molecular complexity index is 741. The van der Waals surface area contributed by atoms with E-state index in [-0.39, 0.29) is 11.5 Å². The molecule has 2 heterocycles. The molecule has 1 N–H and O–H groups in total. The molecular weight excluding hydrogens is 374 g/mol. The zero-order valence-corrected chi connectivity index (χ0v) is 18.1. The highest BCUT2D eigenvalue weighted by atomic mass is 32.1. The first kappa shape index (κ1) is 21.2.